The normalized spacial score (nSPS) is 10.2. The van der Waals surface area contributed by atoms with Crippen molar-refractivity contribution in [2.45, 2.75) is 4.90 Å². The number of carbonyl (C=O) groups is 1. The van der Waals surface area contributed by atoms with E-state index in [1.165, 1.54) is 11.9 Å². The van der Waals surface area contributed by atoms with Crippen LogP contribution in [0.25, 0.3) is 0 Å². The van der Waals surface area contributed by atoms with Gasteiger partial charge in [0.1, 0.15) is 5.56 Å². The Morgan fingerprint density at radius 1 is 1.00 bits per heavy atom. The summed E-state index contributed by atoms with van der Waals surface area (Å²) in [5.74, 6) is -0.153. The van der Waals surface area contributed by atoms with Gasteiger partial charge in [0.2, 0.25) is 0 Å². The highest BCUT2D eigenvalue weighted by Crippen LogP contribution is 2.24. The van der Waals surface area contributed by atoms with Crippen LogP contribution in [0, 0.1) is 0 Å². The highest BCUT2D eigenvalue weighted by Gasteiger charge is 2.08. The first-order valence-electron chi connectivity index (χ1n) is 7.27. The molecular weight excluding hydrogens is 342 g/mol. The standard InChI is InChI=1S/C18H14ClN3OS/c19-14-6-8-15(9-7-14)22-24-17-5-1-4-16(11-17)21-18(23)13-3-2-10-20-12-13/h1-12,22H,(H,21,23)/p+1. The zero-order valence-corrected chi connectivity index (χ0v) is 14.2. The van der Waals surface area contributed by atoms with Crippen molar-refractivity contribution in [2.75, 3.05) is 10.0 Å². The molecule has 0 bridgehead atoms. The number of rotatable bonds is 5. The third-order valence-corrected chi connectivity index (χ3v) is 4.27. The van der Waals surface area contributed by atoms with E-state index in [2.05, 4.69) is 15.0 Å². The number of benzene rings is 2. The van der Waals surface area contributed by atoms with Gasteiger partial charge in [-0.25, -0.2) is 4.98 Å². The van der Waals surface area contributed by atoms with E-state index >= 15 is 0 Å². The summed E-state index contributed by atoms with van der Waals surface area (Å²) in [5.41, 5.74) is 2.28. The molecule has 0 spiro atoms. The second kappa shape index (κ2) is 7.86. The van der Waals surface area contributed by atoms with Crippen LogP contribution in [-0.2, 0) is 0 Å². The van der Waals surface area contributed by atoms with Crippen molar-refractivity contribution in [1.29, 1.82) is 0 Å². The van der Waals surface area contributed by atoms with Gasteiger partial charge in [0.25, 0.3) is 5.91 Å². The Kier molecular flexibility index (Phi) is 5.36. The van der Waals surface area contributed by atoms with Gasteiger partial charge in [0.05, 0.1) is 0 Å². The van der Waals surface area contributed by atoms with Crippen molar-refractivity contribution in [1.82, 2.24) is 0 Å². The van der Waals surface area contributed by atoms with E-state index in [1.54, 1.807) is 24.5 Å². The van der Waals surface area contributed by atoms with E-state index in [0.29, 0.717) is 10.6 Å². The molecule has 0 aliphatic carbocycles. The lowest BCUT2D eigenvalue weighted by Crippen LogP contribution is -2.14. The topological polar surface area (TPSA) is 55.3 Å². The molecule has 0 aliphatic heterocycles. The molecule has 6 heteroatoms. The lowest BCUT2D eigenvalue weighted by Gasteiger charge is -2.08. The van der Waals surface area contributed by atoms with Crippen LogP contribution in [0.15, 0.2) is 78.0 Å². The fourth-order valence-electron chi connectivity index (χ4n) is 2.01. The van der Waals surface area contributed by atoms with Gasteiger partial charge in [0.15, 0.2) is 12.4 Å². The Bertz CT molecular complexity index is 825. The van der Waals surface area contributed by atoms with E-state index in [1.807, 2.05) is 48.5 Å². The molecule has 4 nitrogen and oxygen atoms in total. The van der Waals surface area contributed by atoms with Crippen molar-refractivity contribution in [3.05, 3.63) is 83.6 Å². The lowest BCUT2D eigenvalue weighted by atomic mass is 10.2. The number of aromatic amines is 1. The molecule has 24 heavy (non-hydrogen) atoms. The molecule has 0 unspecified atom stereocenters. The minimum absolute atomic E-state index is 0.153. The van der Waals surface area contributed by atoms with E-state index in [0.717, 1.165) is 16.3 Å². The molecule has 3 rings (SSSR count). The summed E-state index contributed by atoms with van der Waals surface area (Å²) in [6, 6.07) is 18.7. The number of carbonyl (C=O) groups excluding carboxylic acids is 1. The van der Waals surface area contributed by atoms with Crippen molar-refractivity contribution in [3.63, 3.8) is 0 Å². The molecule has 0 saturated heterocycles. The van der Waals surface area contributed by atoms with Gasteiger partial charge >= 0.3 is 0 Å². The van der Waals surface area contributed by atoms with Gasteiger partial charge < -0.3 is 10.0 Å². The van der Waals surface area contributed by atoms with Gasteiger partial charge in [-0.3, -0.25) is 4.79 Å². The first kappa shape index (κ1) is 16.4. The summed E-state index contributed by atoms with van der Waals surface area (Å²) in [4.78, 5) is 16.1. The molecule has 120 valence electrons. The summed E-state index contributed by atoms with van der Waals surface area (Å²) >= 11 is 7.34. The van der Waals surface area contributed by atoms with Crippen LogP contribution in [-0.4, -0.2) is 5.91 Å². The number of pyridine rings is 1. The van der Waals surface area contributed by atoms with Gasteiger partial charge in [-0.05, 0) is 60.5 Å². The Morgan fingerprint density at radius 2 is 1.83 bits per heavy atom. The predicted octanol–water partition coefficient (Wildman–Crippen LogP) is 4.53. The maximum Gasteiger partial charge on any atom is 0.261 e. The monoisotopic (exact) mass is 356 g/mol. The first-order valence-corrected chi connectivity index (χ1v) is 8.46. The zero-order chi connectivity index (χ0) is 16.8. The molecule has 1 heterocycles. The molecule has 3 aromatic rings. The third kappa shape index (κ3) is 4.50. The second-order valence-corrected chi connectivity index (χ2v) is 6.30. The SMILES string of the molecule is O=C(Nc1cccc(SNc2ccc(Cl)cc2)c1)c1ccc[nH+]c1. The summed E-state index contributed by atoms with van der Waals surface area (Å²) in [7, 11) is 0. The lowest BCUT2D eigenvalue weighted by molar-refractivity contribution is -0.378. The molecule has 0 aliphatic rings. The Labute approximate surface area is 149 Å². The molecule has 2 aromatic carbocycles. The molecule has 0 radical (unpaired) electrons. The van der Waals surface area contributed by atoms with Gasteiger partial charge in [0, 0.05) is 27.4 Å². The third-order valence-electron chi connectivity index (χ3n) is 3.19. The molecule has 0 fully saturated rings. The highest BCUT2D eigenvalue weighted by atomic mass is 35.5. The molecule has 3 N–H and O–H groups in total. The highest BCUT2D eigenvalue weighted by molar-refractivity contribution is 8.00. The van der Waals surface area contributed by atoms with Gasteiger partial charge in [-0.2, -0.15) is 0 Å². The number of anilines is 2. The molecule has 0 atom stereocenters. The number of amides is 1. The second-order valence-electron chi connectivity index (χ2n) is 4.99. The summed E-state index contributed by atoms with van der Waals surface area (Å²) < 4.78 is 3.24. The van der Waals surface area contributed by atoms with Gasteiger partial charge in [-0.1, -0.05) is 17.7 Å². The van der Waals surface area contributed by atoms with Crippen molar-refractivity contribution < 1.29 is 9.78 Å². The van der Waals surface area contributed by atoms with Gasteiger partial charge in [-0.15, -0.1) is 0 Å². The van der Waals surface area contributed by atoms with Crippen molar-refractivity contribution >= 4 is 40.8 Å². The molecule has 1 aromatic heterocycles. The largest absolute Gasteiger partial charge is 0.326 e. The van der Waals surface area contributed by atoms with Crippen LogP contribution in [0.4, 0.5) is 11.4 Å². The van der Waals surface area contributed by atoms with Crippen LogP contribution in [0.5, 0.6) is 0 Å². The summed E-state index contributed by atoms with van der Waals surface area (Å²) in [6.07, 6.45) is 3.42. The van der Waals surface area contributed by atoms with Crippen LogP contribution >= 0.6 is 23.5 Å². The smallest absolute Gasteiger partial charge is 0.261 e. The van der Waals surface area contributed by atoms with Crippen LogP contribution in [0.1, 0.15) is 10.4 Å². The maximum atomic E-state index is 12.2. The molecular formula is C18H15ClN3OS+. The number of aromatic nitrogens is 1. The first-order chi connectivity index (χ1) is 11.7. The van der Waals surface area contributed by atoms with Crippen molar-refractivity contribution in [3.8, 4) is 0 Å². The van der Waals surface area contributed by atoms with Crippen LogP contribution in [0.3, 0.4) is 0 Å². The number of hydrogen-bond acceptors (Lipinski definition) is 3. The Morgan fingerprint density at radius 3 is 2.58 bits per heavy atom. The van der Waals surface area contributed by atoms with Crippen molar-refractivity contribution in [2.24, 2.45) is 0 Å². The van der Waals surface area contributed by atoms with Crippen LogP contribution in [0.2, 0.25) is 5.02 Å². The Balaban J connectivity index is 1.63. The van der Waals surface area contributed by atoms with E-state index in [9.17, 15) is 4.79 Å². The minimum Gasteiger partial charge on any atom is -0.326 e. The average Bonchev–Trinajstić information content (AvgIpc) is 2.62. The quantitative estimate of drug-likeness (QED) is 0.660. The fraction of sp³-hybridized carbons (Fsp3) is 0. The number of nitrogens with one attached hydrogen (secondary N) is 3. The summed E-state index contributed by atoms with van der Waals surface area (Å²) in [5, 5.41) is 3.59. The maximum absolute atomic E-state index is 12.2. The van der Waals surface area contributed by atoms with E-state index < -0.39 is 0 Å². The van der Waals surface area contributed by atoms with E-state index in [4.69, 9.17) is 11.6 Å². The number of H-pyrrole nitrogens is 1. The minimum atomic E-state index is -0.153. The van der Waals surface area contributed by atoms with E-state index in [-0.39, 0.29) is 5.91 Å². The van der Waals surface area contributed by atoms with Crippen LogP contribution < -0.4 is 15.0 Å². The molecule has 0 saturated carbocycles. The fourth-order valence-corrected chi connectivity index (χ4v) is 2.84. The summed E-state index contributed by atoms with van der Waals surface area (Å²) in [6.45, 7) is 0. The number of hydrogen-bond donors (Lipinski definition) is 2. The zero-order valence-electron chi connectivity index (χ0n) is 12.6. The predicted molar refractivity (Wildman–Crippen MR) is 98.3 cm³/mol. The molecule has 1 amide bonds. The Hall–Kier alpha value is -2.50. The number of halogens is 1. The average molecular weight is 357 g/mol.